The van der Waals surface area contributed by atoms with Gasteiger partial charge in [0.05, 0.1) is 7.11 Å². The predicted molar refractivity (Wildman–Crippen MR) is 76.3 cm³/mol. The zero-order chi connectivity index (χ0) is 12.8. The van der Waals surface area contributed by atoms with Gasteiger partial charge in [0.2, 0.25) is 0 Å². The maximum atomic E-state index is 5.99. The first-order chi connectivity index (χ1) is 8.83. The summed E-state index contributed by atoms with van der Waals surface area (Å²) in [4.78, 5) is 0. The van der Waals surface area contributed by atoms with Gasteiger partial charge in [-0.2, -0.15) is 0 Å². The quantitative estimate of drug-likeness (QED) is 0.798. The molecule has 0 aliphatic heterocycles. The Kier molecular flexibility index (Phi) is 5.33. The van der Waals surface area contributed by atoms with Crippen LogP contribution in [-0.2, 0) is 6.54 Å². The second kappa shape index (κ2) is 7.01. The number of rotatable bonds is 6. The fraction of sp³-hybridized carbons (Fsp3) is 0.600. The van der Waals surface area contributed by atoms with E-state index in [0.717, 1.165) is 36.6 Å². The van der Waals surface area contributed by atoms with Crippen LogP contribution in [0.15, 0.2) is 24.3 Å². The Morgan fingerprint density at radius 2 is 1.94 bits per heavy atom. The van der Waals surface area contributed by atoms with Crippen LogP contribution in [0, 0.1) is 11.8 Å². The summed E-state index contributed by atoms with van der Waals surface area (Å²) in [5, 5.41) is 3.55. The lowest BCUT2D eigenvalue weighted by Gasteiger charge is -2.17. The molecule has 0 saturated heterocycles. The molecule has 2 rings (SSSR count). The third-order valence-electron chi connectivity index (χ3n) is 3.91. The molecule has 18 heavy (non-hydrogen) atoms. The lowest BCUT2D eigenvalue weighted by molar-refractivity contribution is 0.395. The largest absolute Gasteiger partial charge is 0.497 e. The number of halogens is 1. The molecule has 0 spiro atoms. The molecule has 1 saturated carbocycles. The van der Waals surface area contributed by atoms with Crippen LogP contribution in [0.4, 0.5) is 0 Å². The number of alkyl halides is 1. The van der Waals surface area contributed by atoms with Gasteiger partial charge in [-0.25, -0.2) is 0 Å². The van der Waals surface area contributed by atoms with Crippen molar-refractivity contribution in [1.82, 2.24) is 5.32 Å². The molecule has 3 heteroatoms. The van der Waals surface area contributed by atoms with E-state index in [4.69, 9.17) is 16.3 Å². The molecular formula is C15H22ClNO. The van der Waals surface area contributed by atoms with Crippen molar-refractivity contribution in [2.75, 3.05) is 19.5 Å². The Morgan fingerprint density at radius 1 is 1.22 bits per heavy atom. The highest BCUT2D eigenvalue weighted by molar-refractivity contribution is 6.18. The van der Waals surface area contributed by atoms with Crippen molar-refractivity contribution < 1.29 is 4.74 Å². The zero-order valence-corrected chi connectivity index (χ0v) is 11.7. The standard InChI is InChI=1S/C15H22ClNO/c1-18-15-7-5-12(6-8-15)10-17-11-14-4-2-3-13(14)9-16/h5-8,13-14,17H,2-4,9-11H2,1H3. The molecule has 0 aromatic heterocycles. The Balaban J connectivity index is 1.74. The van der Waals surface area contributed by atoms with Crippen LogP contribution in [0.3, 0.4) is 0 Å². The molecule has 1 aromatic carbocycles. The van der Waals surface area contributed by atoms with Crippen LogP contribution in [0.1, 0.15) is 24.8 Å². The number of methoxy groups -OCH3 is 1. The van der Waals surface area contributed by atoms with Gasteiger partial charge in [-0.3, -0.25) is 0 Å². The van der Waals surface area contributed by atoms with Gasteiger partial charge in [-0.1, -0.05) is 18.6 Å². The molecule has 0 radical (unpaired) electrons. The van der Waals surface area contributed by atoms with Gasteiger partial charge in [0.15, 0.2) is 0 Å². The monoisotopic (exact) mass is 267 g/mol. The molecule has 1 fully saturated rings. The number of ether oxygens (including phenoxy) is 1. The third-order valence-corrected chi connectivity index (χ3v) is 4.31. The van der Waals surface area contributed by atoms with E-state index in [-0.39, 0.29) is 0 Å². The van der Waals surface area contributed by atoms with E-state index in [9.17, 15) is 0 Å². The summed E-state index contributed by atoms with van der Waals surface area (Å²) in [6.07, 6.45) is 3.97. The predicted octanol–water partition coefficient (Wildman–Crippen LogP) is 3.44. The summed E-state index contributed by atoms with van der Waals surface area (Å²) >= 11 is 5.99. The second-order valence-corrected chi connectivity index (χ2v) is 5.39. The van der Waals surface area contributed by atoms with Gasteiger partial charge in [-0.05, 0) is 48.9 Å². The van der Waals surface area contributed by atoms with Crippen molar-refractivity contribution in [2.24, 2.45) is 11.8 Å². The van der Waals surface area contributed by atoms with E-state index < -0.39 is 0 Å². The number of hydrogen-bond acceptors (Lipinski definition) is 2. The summed E-state index contributed by atoms with van der Waals surface area (Å²) < 4.78 is 5.15. The Hall–Kier alpha value is -0.730. The summed E-state index contributed by atoms with van der Waals surface area (Å²) in [6, 6.07) is 8.24. The minimum atomic E-state index is 0.718. The SMILES string of the molecule is COc1ccc(CNCC2CCCC2CCl)cc1. The number of nitrogens with one attached hydrogen (secondary N) is 1. The lowest BCUT2D eigenvalue weighted by atomic mass is 9.98. The van der Waals surface area contributed by atoms with Crippen molar-refractivity contribution in [1.29, 1.82) is 0 Å². The maximum Gasteiger partial charge on any atom is 0.118 e. The van der Waals surface area contributed by atoms with Crippen LogP contribution >= 0.6 is 11.6 Å². The van der Waals surface area contributed by atoms with Gasteiger partial charge in [0.1, 0.15) is 5.75 Å². The van der Waals surface area contributed by atoms with E-state index in [1.807, 2.05) is 12.1 Å². The molecule has 1 aliphatic carbocycles. The van der Waals surface area contributed by atoms with E-state index in [0.29, 0.717) is 0 Å². The average Bonchev–Trinajstić information content (AvgIpc) is 2.87. The summed E-state index contributed by atoms with van der Waals surface area (Å²) in [5.74, 6) is 3.21. The molecular weight excluding hydrogens is 246 g/mol. The van der Waals surface area contributed by atoms with Crippen molar-refractivity contribution in [3.8, 4) is 5.75 Å². The summed E-state index contributed by atoms with van der Waals surface area (Å²) in [7, 11) is 1.69. The minimum absolute atomic E-state index is 0.718. The summed E-state index contributed by atoms with van der Waals surface area (Å²) in [5.41, 5.74) is 1.30. The molecule has 2 unspecified atom stereocenters. The van der Waals surface area contributed by atoms with Crippen LogP contribution < -0.4 is 10.1 Å². The molecule has 1 aliphatic rings. The van der Waals surface area contributed by atoms with Crippen LogP contribution in [0.5, 0.6) is 5.75 Å². The lowest BCUT2D eigenvalue weighted by Crippen LogP contribution is -2.25. The molecule has 1 aromatic rings. The highest BCUT2D eigenvalue weighted by Gasteiger charge is 2.25. The molecule has 2 atom stereocenters. The van der Waals surface area contributed by atoms with Crippen molar-refractivity contribution >= 4 is 11.6 Å². The molecule has 0 amide bonds. The molecule has 0 bridgehead atoms. The molecule has 2 nitrogen and oxygen atoms in total. The smallest absolute Gasteiger partial charge is 0.118 e. The van der Waals surface area contributed by atoms with E-state index in [1.54, 1.807) is 7.11 Å². The van der Waals surface area contributed by atoms with Crippen LogP contribution in [0.2, 0.25) is 0 Å². The van der Waals surface area contributed by atoms with Gasteiger partial charge >= 0.3 is 0 Å². The average molecular weight is 268 g/mol. The molecule has 0 heterocycles. The Bertz CT molecular complexity index is 352. The van der Waals surface area contributed by atoms with Gasteiger partial charge in [0, 0.05) is 12.4 Å². The minimum Gasteiger partial charge on any atom is -0.497 e. The first kappa shape index (κ1) is 13.7. The Morgan fingerprint density at radius 3 is 2.61 bits per heavy atom. The van der Waals surface area contributed by atoms with Gasteiger partial charge in [-0.15, -0.1) is 11.6 Å². The first-order valence-electron chi connectivity index (χ1n) is 6.73. The Labute approximate surface area is 115 Å². The topological polar surface area (TPSA) is 21.3 Å². The normalized spacial score (nSPS) is 23.2. The highest BCUT2D eigenvalue weighted by atomic mass is 35.5. The zero-order valence-electron chi connectivity index (χ0n) is 11.0. The van der Waals surface area contributed by atoms with E-state index >= 15 is 0 Å². The number of benzene rings is 1. The second-order valence-electron chi connectivity index (χ2n) is 5.08. The molecule has 1 N–H and O–H groups in total. The van der Waals surface area contributed by atoms with Crippen LogP contribution in [0.25, 0.3) is 0 Å². The van der Waals surface area contributed by atoms with Crippen molar-refractivity contribution in [3.63, 3.8) is 0 Å². The van der Waals surface area contributed by atoms with Gasteiger partial charge < -0.3 is 10.1 Å². The summed E-state index contributed by atoms with van der Waals surface area (Å²) in [6.45, 7) is 2.01. The van der Waals surface area contributed by atoms with E-state index in [1.165, 1.54) is 24.8 Å². The maximum absolute atomic E-state index is 5.99. The molecule has 100 valence electrons. The third kappa shape index (κ3) is 3.63. The van der Waals surface area contributed by atoms with Crippen molar-refractivity contribution in [3.05, 3.63) is 29.8 Å². The fourth-order valence-corrected chi connectivity index (χ4v) is 3.14. The number of hydrogen-bond donors (Lipinski definition) is 1. The highest BCUT2D eigenvalue weighted by Crippen LogP contribution is 2.31. The fourth-order valence-electron chi connectivity index (χ4n) is 2.73. The first-order valence-corrected chi connectivity index (χ1v) is 7.26. The van der Waals surface area contributed by atoms with Crippen LogP contribution in [-0.4, -0.2) is 19.5 Å². The van der Waals surface area contributed by atoms with E-state index in [2.05, 4.69) is 17.4 Å². The van der Waals surface area contributed by atoms with Gasteiger partial charge in [0.25, 0.3) is 0 Å². The van der Waals surface area contributed by atoms with Crippen molar-refractivity contribution in [2.45, 2.75) is 25.8 Å².